The van der Waals surface area contributed by atoms with E-state index in [0.29, 0.717) is 23.9 Å². The topological polar surface area (TPSA) is 41.1 Å². The molecule has 0 unspecified atom stereocenters. The molecule has 0 amide bonds. The maximum absolute atomic E-state index is 13.7. The smallest absolute Gasteiger partial charge is 0.231 e. The van der Waals surface area contributed by atoms with E-state index in [1.165, 1.54) is 17.3 Å². The van der Waals surface area contributed by atoms with E-state index in [0.717, 1.165) is 19.4 Å². The third kappa shape index (κ3) is 3.31. The number of rotatable bonds is 4. The summed E-state index contributed by atoms with van der Waals surface area (Å²) in [7, 11) is 0. The first kappa shape index (κ1) is 15.6. The number of aromatic nitrogens is 2. The quantitative estimate of drug-likeness (QED) is 0.772. The summed E-state index contributed by atoms with van der Waals surface area (Å²) in [6, 6.07) is 16.9. The molecule has 0 atom stereocenters. The van der Waals surface area contributed by atoms with E-state index in [1.807, 2.05) is 12.1 Å². The molecule has 0 saturated heterocycles. The van der Waals surface area contributed by atoms with Gasteiger partial charge in [0, 0.05) is 30.5 Å². The number of benzene rings is 2. The lowest BCUT2D eigenvalue weighted by Crippen LogP contribution is -2.26. The fraction of sp³-hybridized carbons (Fsp3) is 0.200. The molecule has 1 N–H and O–H groups in total. The van der Waals surface area contributed by atoms with Crippen molar-refractivity contribution in [3.63, 3.8) is 0 Å². The lowest BCUT2D eigenvalue weighted by atomic mass is 10.0. The molecule has 3 aromatic rings. The number of hydrogen-bond donors (Lipinski definition) is 1. The molecule has 0 saturated carbocycles. The van der Waals surface area contributed by atoms with Crippen molar-refractivity contribution < 1.29 is 4.39 Å². The van der Waals surface area contributed by atoms with Gasteiger partial charge in [-0.15, -0.1) is 0 Å². The van der Waals surface area contributed by atoms with Crippen LogP contribution < -0.4 is 10.2 Å². The SMILES string of the molecule is Fc1ccccc1CNc1ccnc(N2CCCc3ccccc32)n1. The van der Waals surface area contributed by atoms with Gasteiger partial charge in [-0.2, -0.15) is 4.98 Å². The van der Waals surface area contributed by atoms with Crippen LogP contribution in [0.3, 0.4) is 0 Å². The highest BCUT2D eigenvalue weighted by atomic mass is 19.1. The molecule has 4 rings (SSSR count). The Labute approximate surface area is 146 Å². The van der Waals surface area contributed by atoms with Gasteiger partial charge in [-0.25, -0.2) is 9.37 Å². The second-order valence-corrected chi connectivity index (χ2v) is 6.07. The zero-order chi connectivity index (χ0) is 17.1. The molecule has 0 bridgehead atoms. The summed E-state index contributed by atoms with van der Waals surface area (Å²) in [6.07, 6.45) is 3.90. The average Bonchev–Trinajstić information content (AvgIpc) is 2.67. The van der Waals surface area contributed by atoms with Crippen LogP contribution in [0.15, 0.2) is 60.8 Å². The Morgan fingerprint density at radius 1 is 1.04 bits per heavy atom. The lowest BCUT2D eigenvalue weighted by molar-refractivity contribution is 0.613. The molecular formula is C20H19FN4. The monoisotopic (exact) mass is 334 g/mol. The average molecular weight is 334 g/mol. The van der Waals surface area contributed by atoms with Crippen LogP contribution in [0.1, 0.15) is 17.5 Å². The summed E-state index contributed by atoms with van der Waals surface area (Å²) in [6.45, 7) is 1.29. The van der Waals surface area contributed by atoms with Gasteiger partial charge in [-0.1, -0.05) is 36.4 Å². The van der Waals surface area contributed by atoms with Gasteiger partial charge in [0.25, 0.3) is 0 Å². The Kier molecular flexibility index (Phi) is 4.29. The van der Waals surface area contributed by atoms with E-state index >= 15 is 0 Å². The second kappa shape index (κ2) is 6.89. The third-order valence-corrected chi connectivity index (χ3v) is 4.41. The van der Waals surface area contributed by atoms with Crippen LogP contribution in [-0.4, -0.2) is 16.5 Å². The van der Waals surface area contributed by atoms with E-state index in [4.69, 9.17) is 0 Å². The summed E-state index contributed by atoms with van der Waals surface area (Å²) in [5.41, 5.74) is 3.10. The first-order valence-corrected chi connectivity index (χ1v) is 8.47. The van der Waals surface area contributed by atoms with Crippen molar-refractivity contribution in [1.82, 2.24) is 9.97 Å². The van der Waals surface area contributed by atoms with Crippen molar-refractivity contribution in [1.29, 1.82) is 0 Å². The Hall–Kier alpha value is -2.95. The second-order valence-electron chi connectivity index (χ2n) is 6.07. The van der Waals surface area contributed by atoms with Gasteiger partial charge in [0.15, 0.2) is 0 Å². The molecule has 2 aromatic carbocycles. The van der Waals surface area contributed by atoms with E-state index in [1.54, 1.807) is 24.4 Å². The first-order valence-electron chi connectivity index (χ1n) is 8.47. The van der Waals surface area contributed by atoms with Crippen LogP contribution in [0.2, 0.25) is 0 Å². The fourth-order valence-corrected chi connectivity index (χ4v) is 3.15. The number of aryl methyl sites for hydroxylation is 1. The molecule has 0 radical (unpaired) electrons. The van der Waals surface area contributed by atoms with Crippen LogP contribution in [0.25, 0.3) is 0 Å². The lowest BCUT2D eigenvalue weighted by Gasteiger charge is -2.29. The standard InChI is InChI=1S/C20H19FN4/c21-17-9-3-1-7-16(17)14-23-19-11-12-22-20(24-19)25-13-5-8-15-6-2-4-10-18(15)25/h1-4,6-7,9-12H,5,8,13-14H2,(H,22,23,24). The molecule has 1 aliphatic rings. The predicted octanol–water partition coefficient (Wildman–Crippen LogP) is 4.31. The van der Waals surface area contributed by atoms with Gasteiger partial charge in [0.1, 0.15) is 11.6 Å². The van der Waals surface area contributed by atoms with Gasteiger partial charge in [-0.05, 0) is 36.6 Å². The van der Waals surface area contributed by atoms with Crippen molar-refractivity contribution in [2.75, 3.05) is 16.8 Å². The van der Waals surface area contributed by atoms with Crippen molar-refractivity contribution in [3.05, 3.63) is 77.7 Å². The fourth-order valence-electron chi connectivity index (χ4n) is 3.15. The molecule has 2 heterocycles. The minimum absolute atomic E-state index is 0.214. The van der Waals surface area contributed by atoms with E-state index in [9.17, 15) is 4.39 Å². The van der Waals surface area contributed by atoms with Gasteiger partial charge in [0.2, 0.25) is 5.95 Å². The Bertz CT molecular complexity index is 881. The maximum atomic E-state index is 13.7. The number of fused-ring (bicyclic) bond motifs is 1. The zero-order valence-corrected chi connectivity index (χ0v) is 13.8. The Morgan fingerprint density at radius 3 is 2.80 bits per heavy atom. The number of nitrogens with zero attached hydrogens (tertiary/aromatic N) is 3. The number of nitrogens with one attached hydrogen (secondary N) is 1. The summed E-state index contributed by atoms with van der Waals surface area (Å²) in [5.74, 6) is 1.15. The van der Waals surface area contributed by atoms with E-state index < -0.39 is 0 Å². The zero-order valence-electron chi connectivity index (χ0n) is 13.8. The van der Waals surface area contributed by atoms with Crippen molar-refractivity contribution in [3.8, 4) is 0 Å². The first-order chi connectivity index (χ1) is 12.3. The molecule has 4 nitrogen and oxygen atoms in total. The molecule has 126 valence electrons. The van der Waals surface area contributed by atoms with Gasteiger partial charge in [-0.3, -0.25) is 0 Å². The highest BCUT2D eigenvalue weighted by Crippen LogP contribution is 2.31. The van der Waals surface area contributed by atoms with Crippen molar-refractivity contribution >= 4 is 17.5 Å². The van der Waals surface area contributed by atoms with Crippen molar-refractivity contribution in [2.45, 2.75) is 19.4 Å². The number of anilines is 3. The van der Waals surface area contributed by atoms with Crippen LogP contribution in [0.5, 0.6) is 0 Å². The molecule has 1 aliphatic heterocycles. The Balaban J connectivity index is 1.55. The molecule has 5 heteroatoms. The van der Waals surface area contributed by atoms with Gasteiger partial charge < -0.3 is 10.2 Å². The third-order valence-electron chi connectivity index (χ3n) is 4.41. The minimum atomic E-state index is -0.214. The molecule has 0 aliphatic carbocycles. The number of para-hydroxylation sites is 1. The van der Waals surface area contributed by atoms with Crippen LogP contribution in [-0.2, 0) is 13.0 Å². The predicted molar refractivity (Wildman–Crippen MR) is 97.5 cm³/mol. The van der Waals surface area contributed by atoms with Gasteiger partial charge in [0.05, 0.1) is 0 Å². The van der Waals surface area contributed by atoms with Gasteiger partial charge >= 0.3 is 0 Å². The molecular weight excluding hydrogens is 315 g/mol. The molecule has 0 fully saturated rings. The number of halogens is 1. The summed E-state index contributed by atoms with van der Waals surface area (Å²) >= 11 is 0. The Morgan fingerprint density at radius 2 is 1.88 bits per heavy atom. The highest BCUT2D eigenvalue weighted by molar-refractivity contribution is 5.64. The van der Waals surface area contributed by atoms with E-state index in [2.05, 4.69) is 38.4 Å². The molecule has 25 heavy (non-hydrogen) atoms. The number of hydrogen-bond acceptors (Lipinski definition) is 4. The van der Waals surface area contributed by atoms with Crippen molar-refractivity contribution in [2.24, 2.45) is 0 Å². The van der Waals surface area contributed by atoms with Crippen LogP contribution in [0.4, 0.5) is 21.8 Å². The summed E-state index contributed by atoms with van der Waals surface area (Å²) in [4.78, 5) is 11.2. The highest BCUT2D eigenvalue weighted by Gasteiger charge is 2.19. The largest absolute Gasteiger partial charge is 0.366 e. The van der Waals surface area contributed by atoms with Crippen LogP contribution in [0, 0.1) is 5.82 Å². The summed E-state index contributed by atoms with van der Waals surface area (Å²) in [5, 5.41) is 3.19. The van der Waals surface area contributed by atoms with E-state index in [-0.39, 0.29) is 5.82 Å². The van der Waals surface area contributed by atoms with Crippen LogP contribution >= 0.6 is 0 Å². The molecule has 0 spiro atoms. The molecule has 1 aromatic heterocycles. The summed E-state index contributed by atoms with van der Waals surface area (Å²) < 4.78 is 13.7. The normalized spacial score (nSPS) is 13.4. The minimum Gasteiger partial charge on any atom is -0.366 e. The maximum Gasteiger partial charge on any atom is 0.231 e.